The Kier molecular flexibility index (Phi) is 8.24. The van der Waals surface area contributed by atoms with Crippen LogP contribution in [0.4, 0.5) is 4.79 Å². The number of benzene rings is 1. The highest BCUT2D eigenvalue weighted by atomic mass is 31.2. The van der Waals surface area contributed by atoms with E-state index in [0.717, 1.165) is 10.9 Å². The van der Waals surface area contributed by atoms with Crippen LogP contribution in [0.5, 0.6) is 0 Å². The average Bonchev–Trinajstić information content (AvgIpc) is 2.54. The molecule has 0 spiro atoms. The van der Waals surface area contributed by atoms with E-state index in [9.17, 15) is 18.9 Å². The van der Waals surface area contributed by atoms with Crippen molar-refractivity contribution < 1.29 is 23.7 Å². The van der Waals surface area contributed by atoms with Crippen molar-refractivity contribution in [3.63, 3.8) is 0 Å². The zero-order valence-corrected chi connectivity index (χ0v) is 18.0. The van der Waals surface area contributed by atoms with Crippen LogP contribution in [0, 0.1) is 0 Å². The molecule has 28 heavy (non-hydrogen) atoms. The van der Waals surface area contributed by atoms with E-state index in [0.29, 0.717) is 0 Å². The summed E-state index contributed by atoms with van der Waals surface area (Å²) in [5.41, 5.74) is 5.25. The summed E-state index contributed by atoms with van der Waals surface area (Å²) in [5.74, 6) is -1.02. The summed E-state index contributed by atoms with van der Waals surface area (Å²) < 4.78 is 17.2. The number of nitrogens with one attached hydrogen (secondary N) is 2. The fourth-order valence-corrected chi connectivity index (χ4v) is 3.16. The van der Waals surface area contributed by atoms with Crippen molar-refractivity contribution in [2.45, 2.75) is 51.8 Å². The first-order valence-corrected chi connectivity index (χ1v) is 11.6. The first kappa shape index (κ1) is 23.7. The quantitative estimate of drug-likeness (QED) is 0.561. The maximum atomic E-state index is 12.5. The molecule has 0 aliphatic rings. The zero-order chi connectivity index (χ0) is 21.5. The molecule has 0 aliphatic carbocycles. The minimum Gasteiger partial charge on any atom is -0.444 e. The third kappa shape index (κ3) is 9.04. The van der Waals surface area contributed by atoms with E-state index in [-0.39, 0.29) is 19.4 Å². The Hall–Kier alpha value is -2.34. The third-order valence-electron chi connectivity index (χ3n) is 3.71. The Morgan fingerprint density at radius 3 is 2.18 bits per heavy atom. The summed E-state index contributed by atoms with van der Waals surface area (Å²) >= 11 is 0. The van der Waals surface area contributed by atoms with Crippen molar-refractivity contribution >= 4 is 30.4 Å². The van der Waals surface area contributed by atoms with E-state index in [1.807, 2.05) is 0 Å². The summed E-state index contributed by atoms with van der Waals surface area (Å²) in [5, 5.41) is 5.95. The number of carbonyl (C=O) groups excluding carboxylic acids is 3. The smallest absolute Gasteiger partial charge is 0.408 e. The number of rotatable bonds is 8. The van der Waals surface area contributed by atoms with E-state index in [2.05, 4.69) is 10.6 Å². The summed E-state index contributed by atoms with van der Waals surface area (Å²) in [6, 6.07) is 6.16. The first-order chi connectivity index (χ1) is 12.8. The molecule has 1 atom stereocenters. The molecular formula is C19H30N3O5P. The molecule has 0 radical (unpaired) electrons. The van der Waals surface area contributed by atoms with Crippen LogP contribution in [0.1, 0.15) is 39.2 Å². The van der Waals surface area contributed by atoms with Gasteiger partial charge in [-0.2, -0.15) is 0 Å². The number of primary amides is 1. The minimum absolute atomic E-state index is 0.0507. The van der Waals surface area contributed by atoms with Crippen molar-refractivity contribution in [1.29, 1.82) is 0 Å². The highest BCUT2D eigenvalue weighted by Crippen LogP contribution is 2.34. The van der Waals surface area contributed by atoms with Gasteiger partial charge in [-0.1, -0.05) is 24.3 Å². The molecule has 0 heterocycles. The average molecular weight is 411 g/mol. The lowest BCUT2D eigenvalue weighted by Gasteiger charge is -2.23. The Balaban J connectivity index is 2.73. The Morgan fingerprint density at radius 1 is 1.14 bits per heavy atom. The molecule has 1 aromatic rings. The molecule has 3 amide bonds. The highest BCUT2D eigenvalue weighted by Gasteiger charge is 2.24. The minimum atomic E-state index is -2.34. The lowest BCUT2D eigenvalue weighted by molar-refractivity contribution is -0.124. The number of carbonyl (C=O) groups is 3. The van der Waals surface area contributed by atoms with Gasteiger partial charge in [0.1, 0.15) is 18.8 Å². The van der Waals surface area contributed by atoms with Crippen LogP contribution in [0.3, 0.4) is 0 Å². The van der Waals surface area contributed by atoms with Gasteiger partial charge in [-0.3, -0.25) is 9.59 Å². The summed E-state index contributed by atoms with van der Waals surface area (Å²) in [6.45, 7) is 8.73. The molecule has 0 aliphatic heterocycles. The summed E-state index contributed by atoms with van der Waals surface area (Å²) in [6.07, 6.45) is -0.734. The maximum absolute atomic E-state index is 12.5. The van der Waals surface area contributed by atoms with E-state index in [1.54, 1.807) is 58.4 Å². The van der Waals surface area contributed by atoms with Gasteiger partial charge in [0.15, 0.2) is 0 Å². The summed E-state index contributed by atoms with van der Waals surface area (Å²) in [7, 11) is -2.34. The van der Waals surface area contributed by atoms with Crippen LogP contribution in [0.2, 0.25) is 0 Å². The fourth-order valence-electron chi connectivity index (χ4n) is 2.29. The number of nitrogens with two attached hydrogens (primary N) is 1. The normalized spacial score (nSPS) is 12.8. The molecule has 8 nitrogen and oxygen atoms in total. The Morgan fingerprint density at radius 2 is 1.71 bits per heavy atom. The second-order valence-electron chi connectivity index (χ2n) is 7.94. The van der Waals surface area contributed by atoms with E-state index in [1.165, 1.54) is 0 Å². The maximum Gasteiger partial charge on any atom is 0.408 e. The standard InChI is InChI=1S/C19H30N3O5P/c1-19(2,3)27-18(25)22-15(10-11-16(20)23)17(24)21-12-13-6-8-14(9-7-13)28(4,5)26/h6-9,15H,10-12H2,1-5H3,(H2,20,23)(H,21,24)(H,22,25). The molecular weight excluding hydrogens is 381 g/mol. The van der Waals surface area contributed by atoms with Crippen LogP contribution in [0.15, 0.2) is 24.3 Å². The van der Waals surface area contributed by atoms with Gasteiger partial charge in [0.2, 0.25) is 11.8 Å². The van der Waals surface area contributed by atoms with Crippen molar-refractivity contribution in [2.75, 3.05) is 13.3 Å². The van der Waals surface area contributed by atoms with Crippen molar-refractivity contribution in [1.82, 2.24) is 10.6 Å². The molecule has 0 bridgehead atoms. The van der Waals surface area contributed by atoms with Gasteiger partial charge in [-0.05, 0) is 46.1 Å². The molecule has 9 heteroatoms. The lowest BCUT2D eigenvalue weighted by Crippen LogP contribution is -2.48. The van der Waals surface area contributed by atoms with Crippen LogP contribution in [-0.4, -0.2) is 42.9 Å². The van der Waals surface area contributed by atoms with Crippen molar-refractivity contribution in [3.05, 3.63) is 29.8 Å². The second-order valence-corrected chi connectivity index (χ2v) is 11.2. The second kappa shape index (κ2) is 9.73. The molecule has 156 valence electrons. The lowest BCUT2D eigenvalue weighted by atomic mass is 10.1. The third-order valence-corrected chi connectivity index (χ3v) is 5.25. The van der Waals surface area contributed by atoms with Gasteiger partial charge in [-0.25, -0.2) is 4.79 Å². The highest BCUT2D eigenvalue weighted by molar-refractivity contribution is 7.70. The van der Waals surface area contributed by atoms with Crippen LogP contribution in [-0.2, 0) is 25.4 Å². The van der Waals surface area contributed by atoms with Crippen molar-refractivity contribution in [3.8, 4) is 0 Å². The number of hydrogen-bond donors (Lipinski definition) is 3. The Bertz CT molecular complexity index is 750. The van der Waals surface area contributed by atoms with Gasteiger partial charge in [0.25, 0.3) is 0 Å². The van der Waals surface area contributed by atoms with Crippen LogP contribution in [0.25, 0.3) is 0 Å². The molecule has 1 rings (SSSR count). The topological polar surface area (TPSA) is 128 Å². The van der Waals surface area contributed by atoms with Gasteiger partial charge in [0, 0.05) is 18.3 Å². The van der Waals surface area contributed by atoms with Crippen LogP contribution < -0.4 is 21.7 Å². The van der Waals surface area contributed by atoms with Gasteiger partial charge in [0.05, 0.1) is 0 Å². The molecule has 0 saturated carbocycles. The van der Waals surface area contributed by atoms with E-state index >= 15 is 0 Å². The first-order valence-electron chi connectivity index (χ1n) is 8.98. The van der Waals surface area contributed by atoms with E-state index in [4.69, 9.17) is 10.5 Å². The van der Waals surface area contributed by atoms with Gasteiger partial charge in [-0.15, -0.1) is 0 Å². The molecule has 4 N–H and O–H groups in total. The van der Waals surface area contributed by atoms with Crippen LogP contribution >= 0.6 is 7.14 Å². The molecule has 1 aromatic carbocycles. The fraction of sp³-hybridized carbons (Fsp3) is 0.526. The van der Waals surface area contributed by atoms with Gasteiger partial charge < -0.3 is 25.7 Å². The molecule has 0 aromatic heterocycles. The largest absolute Gasteiger partial charge is 0.444 e. The number of alkyl carbamates (subject to hydrolysis) is 1. The molecule has 1 unspecified atom stereocenters. The zero-order valence-electron chi connectivity index (χ0n) is 17.1. The van der Waals surface area contributed by atoms with Gasteiger partial charge >= 0.3 is 6.09 Å². The molecule has 0 fully saturated rings. The number of ether oxygens (including phenoxy) is 1. The van der Waals surface area contributed by atoms with E-state index < -0.39 is 36.7 Å². The SMILES string of the molecule is CC(C)(C)OC(=O)NC(CCC(N)=O)C(=O)NCc1ccc(P(C)(C)=O)cc1. The predicted molar refractivity (Wildman–Crippen MR) is 109 cm³/mol. The Labute approximate surface area is 166 Å². The van der Waals surface area contributed by atoms with Crippen molar-refractivity contribution in [2.24, 2.45) is 5.73 Å². The monoisotopic (exact) mass is 411 g/mol. The number of amides is 3. The predicted octanol–water partition coefficient (Wildman–Crippen LogP) is 1.71. The number of hydrogen-bond acceptors (Lipinski definition) is 5. The molecule has 0 saturated heterocycles. The summed E-state index contributed by atoms with van der Waals surface area (Å²) in [4.78, 5) is 35.5.